The Morgan fingerprint density at radius 3 is 2.52 bits per heavy atom. The number of rotatable bonds is 7. The molecule has 5 nitrogen and oxygen atoms in total. The standard InChI is InChI=1S/C19H20ClNO4/c1-13(15-4-3-5-16(20)11-15)21-18(22)12-25-19(23)10-14-6-8-17(24-2)9-7-14/h3-9,11,13H,10,12H2,1-2H3,(H,21,22)/t13-/m0/s1. The molecule has 0 spiro atoms. The molecule has 0 saturated carbocycles. The second-order valence-corrected chi connectivity index (χ2v) is 5.97. The van der Waals surface area contributed by atoms with Crippen LogP contribution in [0.25, 0.3) is 0 Å². The molecule has 2 aromatic carbocycles. The fourth-order valence-corrected chi connectivity index (χ4v) is 2.45. The van der Waals surface area contributed by atoms with Gasteiger partial charge in [-0.3, -0.25) is 9.59 Å². The highest BCUT2D eigenvalue weighted by Gasteiger charge is 2.12. The van der Waals surface area contributed by atoms with Crippen molar-refractivity contribution in [1.82, 2.24) is 5.32 Å². The van der Waals surface area contributed by atoms with Gasteiger partial charge in [-0.2, -0.15) is 0 Å². The number of esters is 1. The van der Waals surface area contributed by atoms with Crippen LogP contribution in [0.4, 0.5) is 0 Å². The third kappa shape index (κ3) is 6.12. The van der Waals surface area contributed by atoms with Gasteiger partial charge in [0, 0.05) is 5.02 Å². The van der Waals surface area contributed by atoms with Crippen molar-refractivity contribution in [3.63, 3.8) is 0 Å². The Balaban J connectivity index is 1.77. The van der Waals surface area contributed by atoms with Gasteiger partial charge in [0.25, 0.3) is 5.91 Å². The molecule has 0 bridgehead atoms. The molecule has 2 rings (SSSR count). The Morgan fingerprint density at radius 2 is 1.88 bits per heavy atom. The van der Waals surface area contributed by atoms with Gasteiger partial charge in [-0.05, 0) is 42.3 Å². The number of amides is 1. The summed E-state index contributed by atoms with van der Waals surface area (Å²) < 4.78 is 10.1. The van der Waals surface area contributed by atoms with Gasteiger partial charge < -0.3 is 14.8 Å². The van der Waals surface area contributed by atoms with Crippen LogP contribution in [0, 0.1) is 0 Å². The van der Waals surface area contributed by atoms with E-state index < -0.39 is 5.97 Å². The lowest BCUT2D eigenvalue weighted by atomic mass is 10.1. The number of methoxy groups -OCH3 is 1. The summed E-state index contributed by atoms with van der Waals surface area (Å²) in [4.78, 5) is 23.7. The van der Waals surface area contributed by atoms with Crippen molar-refractivity contribution in [2.24, 2.45) is 0 Å². The van der Waals surface area contributed by atoms with E-state index in [0.29, 0.717) is 10.8 Å². The van der Waals surface area contributed by atoms with Crippen molar-refractivity contribution in [3.05, 3.63) is 64.7 Å². The molecular formula is C19H20ClNO4. The average molecular weight is 362 g/mol. The summed E-state index contributed by atoms with van der Waals surface area (Å²) in [7, 11) is 1.58. The van der Waals surface area contributed by atoms with Gasteiger partial charge in [0.1, 0.15) is 5.75 Å². The predicted octanol–water partition coefficient (Wildman–Crippen LogP) is 3.31. The first-order valence-electron chi connectivity index (χ1n) is 7.81. The third-order valence-corrected chi connectivity index (χ3v) is 3.83. The van der Waals surface area contributed by atoms with Crippen LogP contribution in [0.3, 0.4) is 0 Å². The number of carbonyl (C=O) groups excluding carboxylic acids is 2. The van der Waals surface area contributed by atoms with Crippen molar-refractivity contribution in [2.75, 3.05) is 13.7 Å². The van der Waals surface area contributed by atoms with Crippen LogP contribution in [-0.2, 0) is 20.7 Å². The lowest BCUT2D eigenvalue weighted by molar-refractivity contribution is -0.148. The number of hydrogen-bond acceptors (Lipinski definition) is 4. The van der Waals surface area contributed by atoms with E-state index in [9.17, 15) is 9.59 Å². The van der Waals surface area contributed by atoms with Crippen LogP contribution in [0.15, 0.2) is 48.5 Å². The second kappa shape index (κ2) is 9.08. The van der Waals surface area contributed by atoms with Gasteiger partial charge in [0.15, 0.2) is 6.61 Å². The van der Waals surface area contributed by atoms with Crippen LogP contribution in [0.1, 0.15) is 24.1 Å². The second-order valence-electron chi connectivity index (χ2n) is 5.53. The number of ether oxygens (including phenoxy) is 2. The summed E-state index contributed by atoms with van der Waals surface area (Å²) in [5.74, 6) is -0.113. The Labute approximate surface area is 151 Å². The molecule has 0 unspecified atom stereocenters. The Kier molecular flexibility index (Phi) is 6.83. The van der Waals surface area contributed by atoms with Crippen LogP contribution < -0.4 is 10.1 Å². The third-order valence-electron chi connectivity index (χ3n) is 3.60. The van der Waals surface area contributed by atoms with E-state index in [0.717, 1.165) is 11.1 Å². The Bertz CT molecular complexity index is 730. The van der Waals surface area contributed by atoms with E-state index in [-0.39, 0.29) is 25.0 Å². The molecule has 6 heteroatoms. The summed E-state index contributed by atoms with van der Waals surface area (Å²) in [6.45, 7) is 1.52. The van der Waals surface area contributed by atoms with Crippen LogP contribution in [-0.4, -0.2) is 25.6 Å². The minimum absolute atomic E-state index is 0.0983. The minimum Gasteiger partial charge on any atom is -0.497 e. The highest BCUT2D eigenvalue weighted by Crippen LogP contribution is 2.17. The molecule has 0 saturated heterocycles. The van der Waals surface area contributed by atoms with E-state index in [1.54, 1.807) is 43.5 Å². The van der Waals surface area contributed by atoms with E-state index in [4.69, 9.17) is 21.1 Å². The maximum Gasteiger partial charge on any atom is 0.310 e. The van der Waals surface area contributed by atoms with E-state index >= 15 is 0 Å². The quantitative estimate of drug-likeness (QED) is 0.768. The Morgan fingerprint density at radius 1 is 1.16 bits per heavy atom. The fourth-order valence-electron chi connectivity index (χ4n) is 2.25. The molecule has 25 heavy (non-hydrogen) atoms. The number of nitrogens with one attached hydrogen (secondary N) is 1. The first kappa shape index (κ1) is 18.8. The summed E-state index contributed by atoms with van der Waals surface area (Å²) in [5.41, 5.74) is 1.67. The zero-order valence-corrected chi connectivity index (χ0v) is 14.9. The van der Waals surface area contributed by atoms with E-state index in [2.05, 4.69) is 5.32 Å². The van der Waals surface area contributed by atoms with Gasteiger partial charge in [-0.25, -0.2) is 0 Å². The molecule has 1 N–H and O–H groups in total. The van der Waals surface area contributed by atoms with E-state index in [1.165, 1.54) is 0 Å². The molecule has 1 atom stereocenters. The normalized spacial score (nSPS) is 11.5. The molecule has 132 valence electrons. The van der Waals surface area contributed by atoms with Crippen molar-refractivity contribution in [1.29, 1.82) is 0 Å². The highest BCUT2D eigenvalue weighted by molar-refractivity contribution is 6.30. The molecule has 0 aliphatic heterocycles. The van der Waals surface area contributed by atoms with Gasteiger partial charge in [-0.15, -0.1) is 0 Å². The summed E-state index contributed by atoms with van der Waals surface area (Å²) >= 11 is 5.93. The van der Waals surface area contributed by atoms with E-state index in [1.807, 2.05) is 19.1 Å². The average Bonchev–Trinajstić information content (AvgIpc) is 2.60. The van der Waals surface area contributed by atoms with Crippen molar-refractivity contribution < 1.29 is 19.1 Å². The van der Waals surface area contributed by atoms with Crippen LogP contribution in [0.2, 0.25) is 5.02 Å². The van der Waals surface area contributed by atoms with Gasteiger partial charge in [-0.1, -0.05) is 35.9 Å². The van der Waals surface area contributed by atoms with Crippen molar-refractivity contribution in [2.45, 2.75) is 19.4 Å². The molecule has 0 aromatic heterocycles. The fraction of sp³-hybridized carbons (Fsp3) is 0.263. The molecular weight excluding hydrogens is 342 g/mol. The number of halogens is 1. The smallest absolute Gasteiger partial charge is 0.310 e. The number of hydrogen-bond donors (Lipinski definition) is 1. The maximum absolute atomic E-state index is 11.9. The predicted molar refractivity (Wildman–Crippen MR) is 95.7 cm³/mol. The SMILES string of the molecule is COc1ccc(CC(=O)OCC(=O)N[C@@H](C)c2cccc(Cl)c2)cc1. The molecule has 0 aliphatic carbocycles. The maximum atomic E-state index is 11.9. The molecule has 1 amide bonds. The number of benzene rings is 2. The zero-order valence-electron chi connectivity index (χ0n) is 14.1. The largest absolute Gasteiger partial charge is 0.497 e. The molecule has 0 fully saturated rings. The van der Waals surface area contributed by atoms with Crippen molar-refractivity contribution >= 4 is 23.5 Å². The van der Waals surface area contributed by atoms with Gasteiger partial charge in [0.05, 0.1) is 19.6 Å². The first-order valence-corrected chi connectivity index (χ1v) is 8.19. The molecule has 0 aliphatic rings. The highest BCUT2D eigenvalue weighted by atomic mass is 35.5. The van der Waals surface area contributed by atoms with Crippen LogP contribution in [0.5, 0.6) is 5.75 Å². The number of carbonyl (C=O) groups is 2. The molecule has 0 heterocycles. The lowest BCUT2D eigenvalue weighted by Crippen LogP contribution is -2.31. The van der Waals surface area contributed by atoms with Gasteiger partial charge >= 0.3 is 5.97 Å². The topological polar surface area (TPSA) is 64.6 Å². The van der Waals surface area contributed by atoms with Crippen molar-refractivity contribution in [3.8, 4) is 5.75 Å². The lowest BCUT2D eigenvalue weighted by Gasteiger charge is -2.14. The zero-order chi connectivity index (χ0) is 18.2. The van der Waals surface area contributed by atoms with Crippen LogP contribution >= 0.6 is 11.6 Å². The molecule has 0 radical (unpaired) electrons. The summed E-state index contributed by atoms with van der Waals surface area (Å²) in [6.07, 6.45) is 0.0983. The monoisotopic (exact) mass is 361 g/mol. The van der Waals surface area contributed by atoms with Gasteiger partial charge in [0.2, 0.25) is 0 Å². The molecule has 2 aromatic rings. The summed E-state index contributed by atoms with van der Waals surface area (Å²) in [6, 6.07) is 14.1. The summed E-state index contributed by atoms with van der Waals surface area (Å²) in [5, 5.41) is 3.37. The minimum atomic E-state index is -0.462. The Hall–Kier alpha value is -2.53. The first-order chi connectivity index (χ1) is 12.0.